The van der Waals surface area contributed by atoms with Gasteiger partial charge in [-0.3, -0.25) is 4.79 Å². The van der Waals surface area contributed by atoms with E-state index in [0.717, 1.165) is 33.6 Å². The Bertz CT molecular complexity index is 1220. The second-order valence-corrected chi connectivity index (χ2v) is 7.57. The lowest BCUT2D eigenvalue weighted by atomic mass is 10.1. The number of hydrogen-bond donors (Lipinski definition) is 1. The number of nitrogens with one attached hydrogen (secondary N) is 1. The van der Waals surface area contributed by atoms with Gasteiger partial charge < -0.3 is 5.32 Å². The Hall–Kier alpha value is -3.73. The Labute approximate surface area is 176 Å². The van der Waals surface area contributed by atoms with Gasteiger partial charge in [0.2, 0.25) is 5.82 Å². The number of benzene rings is 3. The number of aromatic nitrogens is 3. The minimum Gasteiger partial charge on any atom is -0.319 e. The predicted octanol–water partition coefficient (Wildman–Crippen LogP) is 5.42. The molecule has 0 spiro atoms. The Balaban J connectivity index is 1.79. The van der Waals surface area contributed by atoms with Crippen LogP contribution in [0.25, 0.3) is 17.1 Å². The Morgan fingerprint density at radius 2 is 1.57 bits per heavy atom. The molecule has 150 valence electrons. The minimum absolute atomic E-state index is 0.132. The number of anilines is 1. The Morgan fingerprint density at radius 3 is 2.27 bits per heavy atom. The highest BCUT2D eigenvalue weighted by Crippen LogP contribution is 2.24. The van der Waals surface area contributed by atoms with Crippen LogP contribution in [-0.4, -0.2) is 20.7 Å². The number of rotatable bonds is 4. The molecule has 3 aromatic carbocycles. The first-order valence-electron chi connectivity index (χ1n) is 9.91. The molecule has 0 bridgehead atoms. The van der Waals surface area contributed by atoms with Gasteiger partial charge in [0, 0.05) is 11.3 Å². The first-order chi connectivity index (χ1) is 14.4. The molecule has 0 radical (unpaired) electrons. The average Bonchev–Trinajstić information content (AvgIpc) is 3.18. The van der Waals surface area contributed by atoms with E-state index >= 15 is 0 Å². The number of nitrogens with zero attached hydrogens (tertiary/aromatic N) is 3. The van der Waals surface area contributed by atoms with Crippen LogP contribution in [0.4, 0.5) is 5.69 Å². The fourth-order valence-corrected chi connectivity index (χ4v) is 3.23. The maximum atomic E-state index is 12.9. The summed E-state index contributed by atoms with van der Waals surface area (Å²) < 4.78 is 1.74. The average molecular weight is 396 g/mol. The molecular formula is C25H24N4O. The predicted molar refractivity (Wildman–Crippen MR) is 120 cm³/mol. The van der Waals surface area contributed by atoms with Gasteiger partial charge in [-0.2, -0.15) is 0 Å². The molecule has 0 unspecified atom stereocenters. The van der Waals surface area contributed by atoms with Gasteiger partial charge in [0.15, 0.2) is 5.82 Å². The van der Waals surface area contributed by atoms with E-state index in [1.54, 1.807) is 4.68 Å². The van der Waals surface area contributed by atoms with Crippen LogP contribution in [0, 0.1) is 27.7 Å². The summed E-state index contributed by atoms with van der Waals surface area (Å²) in [4.78, 5) is 17.5. The van der Waals surface area contributed by atoms with E-state index in [-0.39, 0.29) is 11.7 Å². The van der Waals surface area contributed by atoms with Crippen molar-refractivity contribution >= 4 is 11.6 Å². The second kappa shape index (κ2) is 7.95. The van der Waals surface area contributed by atoms with Gasteiger partial charge >= 0.3 is 0 Å². The monoisotopic (exact) mass is 396 g/mol. The Kier molecular flexibility index (Phi) is 5.19. The fourth-order valence-electron chi connectivity index (χ4n) is 3.23. The third-order valence-electron chi connectivity index (χ3n) is 5.25. The van der Waals surface area contributed by atoms with Crippen molar-refractivity contribution in [3.8, 4) is 17.1 Å². The molecule has 5 nitrogen and oxygen atoms in total. The third kappa shape index (κ3) is 3.87. The molecule has 4 rings (SSSR count). The smallest absolute Gasteiger partial charge is 0.295 e. The van der Waals surface area contributed by atoms with Crippen molar-refractivity contribution in [2.75, 3.05) is 5.32 Å². The number of carbonyl (C=O) groups is 1. The van der Waals surface area contributed by atoms with E-state index in [2.05, 4.69) is 41.4 Å². The van der Waals surface area contributed by atoms with Crippen LogP contribution in [0.1, 0.15) is 32.9 Å². The first kappa shape index (κ1) is 19.6. The van der Waals surface area contributed by atoms with E-state index < -0.39 is 0 Å². The van der Waals surface area contributed by atoms with Gasteiger partial charge in [0.05, 0.1) is 5.69 Å². The topological polar surface area (TPSA) is 59.8 Å². The van der Waals surface area contributed by atoms with Gasteiger partial charge in [-0.05, 0) is 62.6 Å². The Morgan fingerprint density at radius 1 is 0.833 bits per heavy atom. The first-order valence-corrected chi connectivity index (χ1v) is 9.91. The summed E-state index contributed by atoms with van der Waals surface area (Å²) in [5.41, 5.74) is 7.03. The number of carbonyl (C=O) groups excluding carboxylic acids is 1. The molecule has 30 heavy (non-hydrogen) atoms. The lowest BCUT2D eigenvalue weighted by Gasteiger charge is -2.08. The van der Waals surface area contributed by atoms with Crippen molar-refractivity contribution in [3.63, 3.8) is 0 Å². The molecular weight excluding hydrogens is 372 g/mol. The maximum Gasteiger partial charge on any atom is 0.295 e. The van der Waals surface area contributed by atoms with Crippen LogP contribution in [0.15, 0.2) is 66.7 Å². The lowest BCUT2D eigenvalue weighted by Crippen LogP contribution is -2.15. The molecule has 1 aromatic heterocycles. The molecule has 0 saturated heterocycles. The molecule has 0 aliphatic carbocycles. The zero-order chi connectivity index (χ0) is 21.3. The number of para-hydroxylation sites is 1. The van der Waals surface area contributed by atoms with E-state index in [4.69, 9.17) is 0 Å². The number of amides is 1. The SMILES string of the molecule is Cc1ccc(-c2nc(C(=O)Nc3ccccc3C)nn2-c2ccc(C)c(C)c2)cc1. The van der Waals surface area contributed by atoms with Gasteiger partial charge in [0.25, 0.3) is 5.91 Å². The van der Waals surface area contributed by atoms with Crippen molar-refractivity contribution in [1.29, 1.82) is 0 Å². The highest BCUT2D eigenvalue weighted by atomic mass is 16.2. The minimum atomic E-state index is -0.333. The molecule has 0 aliphatic heterocycles. The summed E-state index contributed by atoms with van der Waals surface area (Å²) >= 11 is 0. The van der Waals surface area contributed by atoms with E-state index in [1.165, 1.54) is 5.56 Å². The van der Waals surface area contributed by atoms with Crippen LogP contribution in [-0.2, 0) is 0 Å². The largest absolute Gasteiger partial charge is 0.319 e. The second-order valence-electron chi connectivity index (χ2n) is 7.57. The van der Waals surface area contributed by atoms with Crippen molar-refractivity contribution in [2.24, 2.45) is 0 Å². The maximum absolute atomic E-state index is 12.9. The van der Waals surface area contributed by atoms with Crippen molar-refractivity contribution in [2.45, 2.75) is 27.7 Å². The molecule has 0 aliphatic rings. The summed E-state index contributed by atoms with van der Waals surface area (Å²) in [7, 11) is 0. The summed E-state index contributed by atoms with van der Waals surface area (Å²) in [6.07, 6.45) is 0. The van der Waals surface area contributed by atoms with Crippen LogP contribution >= 0.6 is 0 Å². The van der Waals surface area contributed by atoms with Crippen LogP contribution in [0.3, 0.4) is 0 Å². The van der Waals surface area contributed by atoms with E-state index in [9.17, 15) is 4.79 Å². The molecule has 0 saturated carbocycles. The highest BCUT2D eigenvalue weighted by molar-refractivity contribution is 6.02. The summed E-state index contributed by atoms with van der Waals surface area (Å²) in [6.45, 7) is 8.13. The number of aryl methyl sites for hydroxylation is 4. The molecule has 5 heteroatoms. The van der Waals surface area contributed by atoms with Crippen LogP contribution < -0.4 is 5.32 Å². The highest BCUT2D eigenvalue weighted by Gasteiger charge is 2.19. The standard InChI is InChI=1S/C25H24N4O/c1-16-9-12-20(13-10-16)24-27-23(25(30)26-22-8-6-5-7-18(22)3)28-29(24)21-14-11-17(2)19(4)15-21/h5-15H,1-4H3,(H,26,30). The summed E-state index contributed by atoms with van der Waals surface area (Å²) in [5, 5.41) is 7.49. The van der Waals surface area contributed by atoms with E-state index in [1.807, 2.05) is 68.4 Å². The molecule has 0 atom stereocenters. The van der Waals surface area contributed by atoms with Crippen LogP contribution in [0.2, 0.25) is 0 Å². The van der Waals surface area contributed by atoms with Gasteiger partial charge in [-0.25, -0.2) is 9.67 Å². The van der Waals surface area contributed by atoms with Crippen molar-refractivity contribution in [3.05, 3.63) is 94.8 Å². The quantitative estimate of drug-likeness (QED) is 0.501. The fraction of sp³-hybridized carbons (Fsp3) is 0.160. The summed E-state index contributed by atoms with van der Waals surface area (Å²) in [6, 6.07) is 21.8. The zero-order valence-corrected chi connectivity index (χ0v) is 17.6. The van der Waals surface area contributed by atoms with Crippen LogP contribution in [0.5, 0.6) is 0 Å². The van der Waals surface area contributed by atoms with Gasteiger partial charge in [-0.15, -0.1) is 5.10 Å². The molecule has 4 aromatic rings. The zero-order valence-electron chi connectivity index (χ0n) is 17.6. The van der Waals surface area contributed by atoms with Crippen molar-refractivity contribution < 1.29 is 4.79 Å². The van der Waals surface area contributed by atoms with Gasteiger partial charge in [-0.1, -0.05) is 54.1 Å². The normalized spacial score (nSPS) is 10.8. The third-order valence-corrected chi connectivity index (χ3v) is 5.25. The molecule has 1 heterocycles. The molecule has 1 amide bonds. The molecule has 0 fully saturated rings. The van der Waals surface area contributed by atoms with Gasteiger partial charge in [0.1, 0.15) is 0 Å². The summed E-state index contributed by atoms with van der Waals surface area (Å²) in [5.74, 6) is 0.431. The lowest BCUT2D eigenvalue weighted by molar-refractivity contribution is 0.101. The van der Waals surface area contributed by atoms with E-state index in [0.29, 0.717) is 5.82 Å². The number of hydrogen-bond acceptors (Lipinski definition) is 3. The van der Waals surface area contributed by atoms with Crippen molar-refractivity contribution in [1.82, 2.24) is 14.8 Å². The molecule has 1 N–H and O–H groups in total.